The van der Waals surface area contributed by atoms with Crippen LogP contribution in [0.15, 0.2) is 0 Å². The van der Waals surface area contributed by atoms with Crippen molar-refractivity contribution in [3.63, 3.8) is 0 Å². The first-order valence-corrected chi connectivity index (χ1v) is 9.45. The summed E-state index contributed by atoms with van der Waals surface area (Å²) < 4.78 is 0. The topological polar surface area (TPSA) is 72.8 Å². The van der Waals surface area contributed by atoms with Crippen LogP contribution in [0.1, 0.15) is 79.5 Å². The first kappa shape index (κ1) is 26.6. The van der Waals surface area contributed by atoms with Gasteiger partial charge in [-0.2, -0.15) is 0 Å². The largest absolute Gasteiger partial charge is 1.00 e. The molecule has 0 bridgehead atoms. The number of aliphatic hydroxyl groups excluding tert-OH is 1. The summed E-state index contributed by atoms with van der Waals surface area (Å²) in [5, 5.41) is 19.8. The first-order chi connectivity index (χ1) is 11.2. The second-order valence-corrected chi connectivity index (χ2v) is 6.27. The van der Waals surface area contributed by atoms with Crippen molar-refractivity contribution in [3.05, 3.63) is 0 Å². The summed E-state index contributed by atoms with van der Waals surface area (Å²) in [6.45, 7) is 6.16. The molecular formula is C18H39N2NaO3. The molecule has 6 heteroatoms. The van der Waals surface area contributed by atoms with Crippen LogP contribution in [0.3, 0.4) is 0 Å². The van der Waals surface area contributed by atoms with E-state index in [0.29, 0.717) is 0 Å². The average molecular weight is 355 g/mol. The van der Waals surface area contributed by atoms with Crippen LogP contribution in [0.4, 0.5) is 0 Å². The molecule has 0 aromatic carbocycles. The average Bonchev–Trinajstić information content (AvgIpc) is 2.93. The standard InChI is InChI=1S/C16H32N2O2.C2H6O.Na.H/c1-2-3-4-5-6-7-8-9-10-11-15-17-12-13-18(15)14-16(19)20;1-2-3;;/h15,17H,2-14H2,1H3,(H,19,20);3H,2H2,1H3;;/q;;+1;-1. The Balaban J connectivity index is -0.000000900. The minimum absolute atomic E-state index is 0. The second-order valence-electron chi connectivity index (χ2n) is 6.27. The minimum atomic E-state index is -0.717. The molecular weight excluding hydrogens is 315 g/mol. The van der Waals surface area contributed by atoms with Gasteiger partial charge in [-0.05, 0) is 13.3 Å². The first-order valence-electron chi connectivity index (χ1n) is 9.45. The van der Waals surface area contributed by atoms with Gasteiger partial charge in [-0.1, -0.05) is 64.7 Å². The van der Waals surface area contributed by atoms with E-state index in [1.165, 1.54) is 57.8 Å². The summed E-state index contributed by atoms with van der Waals surface area (Å²) in [5.41, 5.74) is 0. The molecule has 0 aliphatic carbocycles. The molecule has 0 spiro atoms. The molecule has 3 N–H and O–H groups in total. The van der Waals surface area contributed by atoms with Crippen molar-refractivity contribution >= 4 is 5.97 Å². The Hall–Kier alpha value is 0.350. The van der Waals surface area contributed by atoms with E-state index in [9.17, 15) is 4.79 Å². The minimum Gasteiger partial charge on any atom is -1.00 e. The molecule has 1 heterocycles. The van der Waals surface area contributed by atoms with Gasteiger partial charge in [0.2, 0.25) is 0 Å². The normalized spacial score (nSPS) is 17.0. The Morgan fingerprint density at radius 1 is 1.08 bits per heavy atom. The summed E-state index contributed by atoms with van der Waals surface area (Å²) >= 11 is 0. The van der Waals surface area contributed by atoms with Crippen LogP contribution in [0.5, 0.6) is 0 Å². The van der Waals surface area contributed by atoms with Crippen molar-refractivity contribution in [2.45, 2.75) is 84.2 Å². The van der Waals surface area contributed by atoms with Crippen LogP contribution in [-0.2, 0) is 4.79 Å². The molecule has 1 aliphatic heterocycles. The fourth-order valence-corrected chi connectivity index (χ4v) is 2.96. The van der Waals surface area contributed by atoms with Gasteiger partial charge in [-0.15, -0.1) is 0 Å². The number of rotatable bonds is 12. The van der Waals surface area contributed by atoms with Crippen molar-refractivity contribution in [2.75, 3.05) is 26.2 Å². The Bertz CT molecular complexity index is 287. The van der Waals surface area contributed by atoms with Crippen molar-refractivity contribution in [2.24, 2.45) is 0 Å². The fourth-order valence-electron chi connectivity index (χ4n) is 2.96. The van der Waals surface area contributed by atoms with E-state index >= 15 is 0 Å². The zero-order valence-corrected chi connectivity index (χ0v) is 18.2. The van der Waals surface area contributed by atoms with Gasteiger partial charge in [0.1, 0.15) is 0 Å². The summed E-state index contributed by atoms with van der Waals surface area (Å²) in [4.78, 5) is 12.8. The third-order valence-corrected chi connectivity index (χ3v) is 4.14. The van der Waals surface area contributed by atoms with Crippen molar-refractivity contribution in [1.82, 2.24) is 10.2 Å². The zero-order chi connectivity index (χ0) is 17.3. The number of aliphatic hydroxyl groups is 1. The van der Waals surface area contributed by atoms with Gasteiger partial charge >= 0.3 is 35.5 Å². The fraction of sp³-hybridized carbons (Fsp3) is 0.944. The summed E-state index contributed by atoms with van der Waals surface area (Å²) in [6.07, 6.45) is 13.4. The van der Waals surface area contributed by atoms with Gasteiger partial charge in [0.05, 0.1) is 12.7 Å². The number of aliphatic carboxylic acids is 1. The predicted molar refractivity (Wildman–Crippen MR) is 96.7 cm³/mol. The SMILES string of the molecule is CCCCCCCCCCCC1NCCN1CC(=O)O.CCO.[H-].[Na+]. The maximum Gasteiger partial charge on any atom is 1.00 e. The number of carboxylic acid groups (broad SMARTS) is 1. The van der Waals surface area contributed by atoms with Gasteiger partial charge in [0.25, 0.3) is 0 Å². The zero-order valence-electron chi connectivity index (χ0n) is 17.2. The van der Waals surface area contributed by atoms with Crippen molar-refractivity contribution in [3.8, 4) is 0 Å². The second kappa shape index (κ2) is 19.7. The van der Waals surface area contributed by atoms with Gasteiger partial charge in [0.15, 0.2) is 0 Å². The van der Waals surface area contributed by atoms with Crippen LogP contribution < -0.4 is 34.9 Å². The summed E-state index contributed by atoms with van der Waals surface area (Å²) in [5.74, 6) is -0.717. The molecule has 0 aromatic rings. The molecule has 1 aliphatic rings. The van der Waals surface area contributed by atoms with E-state index in [0.717, 1.165) is 19.5 Å². The smallest absolute Gasteiger partial charge is 1.00 e. The number of carboxylic acids is 1. The van der Waals surface area contributed by atoms with Crippen LogP contribution in [0.25, 0.3) is 0 Å². The molecule has 24 heavy (non-hydrogen) atoms. The molecule has 0 aromatic heterocycles. The number of hydrogen-bond donors (Lipinski definition) is 3. The molecule has 0 saturated carbocycles. The maximum atomic E-state index is 10.8. The summed E-state index contributed by atoms with van der Waals surface area (Å²) in [6, 6.07) is 0. The molecule has 1 unspecified atom stereocenters. The predicted octanol–water partition coefficient (Wildman–Crippen LogP) is 0.338. The van der Waals surface area contributed by atoms with Crippen LogP contribution >= 0.6 is 0 Å². The molecule has 5 nitrogen and oxygen atoms in total. The van der Waals surface area contributed by atoms with Crippen LogP contribution in [0, 0.1) is 0 Å². The van der Waals surface area contributed by atoms with E-state index in [4.69, 9.17) is 10.2 Å². The van der Waals surface area contributed by atoms with E-state index in [1.807, 2.05) is 4.90 Å². The van der Waals surface area contributed by atoms with E-state index in [2.05, 4.69) is 12.2 Å². The number of nitrogens with one attached hydrogen (secondary N) is 1. The van der Waals surface area contributed by atoms with E-state index in [-0.39, 0.29) is 50.3 Å². The molecule has 1 fully saturated rings. The number of carbonyl (C=O) groups is 1. The van der Waals surface area contributed by atoms with Gasteiger partial charge in [0, 0.05) is 19.7 Å². The Kier molecular flexibility index (Phi) is 21.8. The third kappa shape index (κ3) is 15.9. The molecule has 1 atom stereocenters. The summed E-state index contributed by atoms with van der Waals surface area (Å²) in [7, 11) is 0. The number of hydrogen-bond acceptors (Lipinski definition) is 4. The van der Waals surface area contributed by atoms with Gasteiger partial charge in [-0.3, -0.25) is 9.69 Å². The molecule has 0 amide bonds. The Morgan fingerprint density at radius 2 is 1.58 bits per heavy atom. The Morgan fingerprint density at radius 3 is 2.08 bits per heavy atom. The maximum absolute atomic E-state index is 10.8. The molecule has 0 radical (unpaired) electrons. The van der Waals surface area contributed by atoms with Crippen LogP contribution in [0.2, 0.25) is 0 Å². The molecule has 1 rings (SSSR count). The van der Waals surface area contributed by atoms with Gasteiger partial charge in [-0.25, -0.2) is 0 Å². The van der Waals surface area contributed by atoms with Crippen molar-refractivity contribution in [1.29, 1.82) is 0 Å². The van der Waals surface area contributed by atoms with E-state index < -0.39 is 5.97 Å². The Labute approximate surface area is 172 Å². The third-order valence-electron chi connectivity index (χ3n) is 4.14. The number of unbranched alkanes of at least 4 members (excludes halogenated alkanes) is 8. The molecule has 140 valence electrons. The quantitative estimate of drug-likeness (QED) is 0.348. The van der Waals surface area contributed by atoms with E-state index in [1.54, 1.807) is 6.92 Å². The number of nitrogens with zero attached hydrogens (tertiary/aromatic N) is 1. The van der Waals surface area contributed by atoms with Crippen molar-refractivity contribution < 1.29 is 46.0 Å². The monoisotopic (exact) mass is 354 g/mol. The van der Waals surface area contributed by atoms with Gasteiger partial charge < -0.3 is 17.0 Å². The van der Waals surface area contributed by atoms with Crippen LogP contribution in [-0.4, -0.2) is 53.5 Å². The molecule has 1 saturated heterocycles.